The van der Waals surface area contributed by atoms with Crippen molar-refractivity contribution in [2.45, 2.75) is 18.8 Å². The van der Waals surface area contributed by atoms with Gasteiger partial charge >= 0.3 is 0 Å². The Balaban J connectivity index is 1.61. The number of hydrogen-bond donors (Lipinski definition) is 1. The first-order valence-electron chi connectivity index (χ1n) is 6.57. The molecular formula is C14H14BrN3O. The molecule has 1 saturated carbocycles. The Morgan fingerprint density at radius 2 is 2.37 bits per heavy atom. The van der Waals surface area contributed by atoms with Crippen molar-refractivity contribution in [3.8, 4) is 11.4 Å². The first kappa shape index (κ1) is 11.6. The molecule has 1 N–H and O–H groups in total. The number of rotatable bonds is 2. The maximum absolute atomic E-state index is 5.47. The summed E-state index contributed by atoms with van der Waals surface area (Å²) in [5.41, 5.74) is 1.39. The third-order valence-corrected chi connectivity index (χ3v) is 4.78. The molecule has 1 aliphatic carbocycles. The zero-order chi connectivity index (χ0) is 12.9. The summed E-state index contributed by atoms with van der Waals surface area (Å²) >= 11 is 3.46. The van der Waals surface area contributed by atoms with Crippen LogP contribution >= 0.6 is 15.9 Å². The van der Waals surface area contributed by atoms with Crippen molar-refractivity contribution >= 4 is 15.9 Å². The van der Waals surface area contributed by atoms with Crippen LogP contribution in [0.4, 0.5) is 0 Å². The van der Waals surface area contributed by atoms with E-state index in [9.17, 15) is 0 Å². The lowest BCUT2D eigenvalue weighted by molar-refractivity contribution is 0.364. The minimum Gasteiger partial charge on any atom is -0.339 e. The molecular weight excluding hydrogens is 306 g/mol. The Kier molecular flexibility index (Phi) is 2.53. The summed E-state index contributed by atoms with van der Waals surface area (Å²) in [7, 11) is 0. The number of benzene rings is 1. The molecule has 2 atom stereocenters. The number of halogens is 1. The molecule has 2 heterocycles. The minimum atomic E-state index is 0.404. The topological polar surface area (TPSA) is 51.0 Å². The second-order valence-corrected chi connectivity index (χ2v) is 6.43. The monoisotopic (exact) mass is 319 g/mol. The van der Waals surface area contributed by atoms with Crippen molar-refractivity contribution in [3.63, 3.8) is 0 Å². The fraction of sp³-hybridized carbons (Fsp3) is 0.429. The highest BCUT2D eigenvalue weighted by molar-refractivity contribution is 9.10. The molecule has 1 aliphatic heterocycles. The van der Waals surface area contributed by atoms with Crippen LogP contribution in [0.25, 0.3) is 11.4 Å². The van der Waals surface area contributed by atoms with E-state index >= 15 is 0 Å². The average molecular weight is 320 g/mol. The van der Waals surface area contributed by atoms with Crippen LogP contribution in [0.5, 0.6) is 0 Å². The molecule has 5 heteroatoms. The molecule has 2 aromatic rings. The molecule has 2 unspecified atom stereocenters. The van der Waals surface area contributed by atoms with Crippen LogP contribution in [0.15, 0.2) is 33.3 Å². The Morgan fingerprint density at radius 1 is 1.42 bits per heavy atom. The summed E-state index contributed by atoms with van der Waals surface area (Å²) in [6.07, 6.45) is 2.41. The fourth-order valence-electron chi connectivity index (χ4n) is 3.05. The van der Waals surface area contributed by atoms with E-state index in [1.165, 1.54) is 12.8 Å². The Bertz CT molecular complexity index is 619. The maximum Gasteiger partial charge on any atom is 0.230 e. The van der Waals surface area contributed by atoms with Crippen molar-refractivity contribution in [3.05, 3.63) is 34.6 Å². The van der Waals surface area contributed by atoms with Gasteiger partial charge in [-0.3, -0.25) is 0 Å². The molecule has 2 aliphatic rings. The van der Waals surface area contributed by atoms with E-state index in [1.54, 1.807) is 0 Å². The molecule has 2 fully saturated rings. The average Bonchev–Trinajstić information content (AvgIpc) is 2.82. The first-order valence-corrected chi connectivity index (χ1v) is 7.36. The van der Waals surface area contributed by atoms with Gasteiger partial charge in [0, 0.05) is 22.5 Å². The van der Waals surface area contributed by atoms with Gasteiger partial charge in [0.15, 0.2) is 0 Å². The SMILES string of the molecule is Brc1cccc(-c2noc(C3CC34CCNC4)n2)c1. The van der Waals surface area contributed by atoms with Crippen molar-refractivity contribution in [1.82, 2.24) is 15.5 Å². The van der Waals surface area contributed by atoms with E-state index in [4.69, 9.17) is 4.52 Å². The highest BCUT2D eigenvalue weighted by Crippen LogP contribution is 2.62. The largest absolute Gasteiger partial charge is 0.339 e. The lowest BCUT2D eigenvalue weighted by Gasteiger charge is -2.02. The van der Waals surface area contributed by atoms with Crippen molar-refractivity contribution in [2.24, 2.45) is 5.41 Å². The molecule has 4 rings (SSSR count). The molecule has 98 valence electrons. The van der Waals surface area contributed by atoms with Crippen molar-refractivity contribution < 1.29 is 4.52 Å². The fourth-order valence-corrected chi connectivity index (χ4v) is 3.45. The molecule has 19 heavy (non-hydrogen) atoms. The molecule has 1 aromatic carbocycles. The summed E-state index contributed by atoms with van der Waals surface area (Å²) in [6.45, 7) is 2.20. The van der Waals surface area contributed by atoms with Crippen LogP contribution < -0.4 is 5.32 Å². The van der Waals surface area contributed by atoms with Gasteiger partial charge in [-0.2, -0.15) is 4.98 Å². The molecule has 0 radical (unpaired) electrons. The maximum atomic E-state index is 5.47. The van der Waals surface area contributed by atoms with Gasteiger partial charge in [-0.05, 0) is 36.9 Å². The summed E-state index contributed by atoms with van der Waals surface area (Å²) in [4.78, 5) is 4.58. The first-order chi connectivity index (χ1) is 9.27. The van der Waals surface area contributed by atoms with Crippen LogP contribution in [0, 0.1) is 5.41 Å². The lowest BCUT2D eigenvalue weighted by atomic mass is 10.0. The molecule has 1 aromatic heterocycles. The highest BCUT2D eigenvalue weighted by atomic mass is 79.9. The van der Waals surface area contributed by atoms with Crippen LogP contribution in [-0.4, -0.2) is 23.2 Å². The summed E-state index contributed by atoms with van der Waals surface area (Å²) in [5, 5.41) is 7.54. The number of nitrogens with zero attached hydrogens (tertiary/aromatic N) is 2. The molecule has 1 saturated heterocycles. The molecule has 4 nitrogen and oxygen atoms in total. The number of nitrogens with one attached hydrogen (secondary N) is 1. The van der Waals surface area contributed by atoms with Crippen molar-refractivity contribution in [2.75, 3.05) is 13.1 Å². The van der Waals surface area contributed by atoms with Gasteiger partial charge in [0.1, 0.15) is 0 Å². The Morgan fingerprint density at radius 3 is 3.16 bits per heavy atom. The smallest absolute Gasteiger partial charge is 0.230 e. The van der Waals surface area contributed by atoms with Gasteiger partial charge < -0.3 is 9.84 Å². The van der Waals surface area contributed by atoms with E-state index in [1.807, 2.05) is 24.3 Å². The Labute approximate surface area is 119 Å². The van der Waals surface area contributed by atoms with E-state index in [2.05, 4.69) is 31.4 Å². The number of hydrogen-bond acceptors (Lipinski definition) is 4. The quantitative estimate of drug-likeness (QED) is 0.924. The molecule has 0 bridgehead atoms. The van der Waals surface area contributed by atoms with E-state index in [0.717, 1.165) is 29.0 Å². The van der Waals surface area contributed by atoms with Gasteiger partial charge in [0.05, 0.1) is 0 Å². The van der Waals surface area contributed by atoms with Crippen molar-refractivity contribution in [1.29, 1.82) is 0 Å². The van der Waals surface area contributed by atoms with Crippen LogP contribution in [0.3, 0.4) is 0 Å². The van der Waals surface area contributed by atoms with Crippen LogP contribution in [-0.2, 0) is 0 Å². The Hall–Kier alpha value is -1.20. The van der Waals surface area contributed by atoms with E-state index in [0.29, 0.717) is 17.2 Å². The third kappa shape index (κ3) is 1.92. The van der Waals surface area contributed by atoms with E-state index in [-0.39, 0.29) is 0 Å². The standard InChI is InChI=1S/C14H14BrN3O/c15-10-3-1-2-9(6-10)12-17-13(19-18-12)11-7-14(11)4-5-16-8-14/h1-3,6,11,16H,4-5,7-8H2. The lowest BCUT2D eigenvalue weighted by Crippen LogP contribution is -2.10. The third-order valence-electron chi connectivity index (χ3n) is 4.29. The van der Waals surface area contributed by atoms with Gasteiger partial charge in [0.25, 0.3) is 0 Å². The van der Waals surface area contributed by atoms with Crippen LogP contribution in [0.1, 0.15) is 24.7 Å². The van der Waals surface area contributed by atoms with E-state index < -0.39 is 0 Å². The molecule has 1 spiro atoms. The normalized spacial score (nSPS) is 29.0. The second-order valence-electron chi connectivity index (χ2n) is 5.51. The van der Waals surface area contributed by atoms with Gasteiger partial charge in [-0.1, -0.05) is 33.2 Å². The molecule has 0 amide bonds. The minimum absolute atomic E-state index is 0.404. The summed E-state index contributed by atoms with van der Waals surface area (Å²) in [6, 6.07) is 7.98. The predicted octanol–water partition coefficient (Wildman–Crippen LogP) is 2.97. The zero-order valence-corrected chi connectivity index (χ0v) is 12.0. The summed E-state index contributed by atoms with van der Waals surface area (Å²) < 4.78 is 6.49. The number of aromatic nitrogens is 2. The van der Waals surface area contributed by atoms with Gasteiger partial charge in [-0.25, -0.2) is 0 Å². The van der Waals surface area contributed by atoms with Gasteiger partial charge in [0.2, 0.25) is 11.7 Å². The highest BCUT2D eigenvalue weighted by Gasteiger charge is 2.58. The predicted molar refractivity (Wildman–Crippen MR) is 74.7 cm³/mol. The second kappa shape index (κ2) is 4.15. The van der Waals surface area contributed by atoms with Gasteiger partial charge in [-0.15, -0.1) is 0 Å². The van der Waals surface area contributed by atoms with Crippen LogP contribution in [0.2, 0.25) is 0 Å². The summed E-state index contributed by atoms with van der Waals surface area (Å²) in [5.74, 6) is 1.94. The zero-order valence-electron chi connectivity index (χ0n) is 10.4.